The maximum absolute atomic E-state index is 12.1. The van der Waals surface area contributed by atoms with Crippen LogP contribution in [0.4, 0.5) is 0 Å². The largest absolute Gasteiger partial charge is 0.394 e. The highest BCUT2D eigenvalue weighted by Gasteiger charge is 2.51. The van der Waals surface area contributed by atoms with E-state index in [0.717, 1.165) is 18.4 Å². The second kappa shape index (κ2) is 7.81. The highest BCUT2D eigenvalue weighted by atomic mass is 16.5. The standard InChI is InChI=1S/C20H24N2O3/c1-25-13-19(24)22-17(11-21)20(18(22)12-23)16-9-7-15(8-10-16)14-5-3-2-4-6-14/h5,7-10,17-18,20,23H,2-4,6,12-13H2,1H3/t17-,18-,20+/m0/s1. The molecule has 1 aliphatic carbocycles. The van der Waals surface area contributed by atoms with Crippen molar-refractivity contribution in [3.05, 3.63) is 41.5 Å². The van der Waals surface area contributed by atoms with Gasteiger partial charge in [-0.1, -0.05) is 30.3 Å². The molecule has 0 saturated carbocycles. The van der Waals surface area contributed by atoms with Crippen molar-refractivity contribution in [2.75, 3.05) is 20.3 Å². The van der Waals surface area contributed by atoms with Gasteiger partial charge in [0.1, 0.15) is 12.6 Å². The van der Waals surface area contributed by atoms with Gasteiger partial charge in [0.2, 0.25) is 5.91 Å². The lowest BCUT2D eigenvalue weighted by atomic mass is 9.75. The van der Waals surface area contributed by atoms with Gasteiger partial charge in [-0.25, -0.2) is 0 Å². The van der Waals surface area contributed by atoms with Gasteiger partial charge >= 0.3 is 0 Å². The third-order valence-corrected chi connectivity index (χ3v) is 5.24. The molecule has 132 valence electrons. The number of likely N-dealkylation sites (tertiary alicyclic amines) is 1. The summed E-state index contributed by atoms with van der Waals surface area (Å²) in [6.45, 7) is -0.236. The molecule has 1 aromatic carbocycles. The molecule has 1 amide bonds. The van der Waals surface area contributed by atoms with E-state index in [1.54, 1.807) is 0 Å². The van der Waals surface area contributed by atoms with Crippen molar-refractivity contribution in [3.63, 3.8) is 0 Å². The Morgan fingerprint density at radius 3 is 2.68 bits per heavy atom. The fraction of sp³-hybridized carbons (Fsp3) is 0.500. The lowest BCUT2D eigenvalue weighted by Crippen LogP contribution is -2.65. The zero-order chi connectivity index (χ0) is 17.8. The molecule has 1 aromatic rings. The average molecular weight is 340 g/mol. The topological polar surface area (TPSA) is 73.6 Å². The minimum absolute atomic E-state index is 0.0749. The maximum atomic E-state index is 12.1. The van der Waals surface area contributed by atoms with E-state index in [9.17, 15) is 15.2 Å². The molecule has 1 fully saturated rings. The first-order valence-electron chi connectivity index (χ1n) is 8.81. The summed E-state index contributed by atoms with van der Waals surface area (Å²) < 4.78 is 4.88. The van der Waals surface area contributed by atoms with Crippen LogP contribution in [0.15, 0.2) is 30.3 Å². The van der Waals surface area contributed by atoms with Gasteiger partial charge in [-0.2, -0.15) is 5.26 Å². The highest BCUT2D eigenvalue weighted by Crippen LogP contribution is 2.41. The zero-order valence-corrected chi connectivity index (χ0v) is 14.5. The summed E-state index contributed by atoms with van der Waals surface area (Å²) in [4.78, 5) is 13.6. The number of nitrogens with zero attached hydrogens (tertiary/aromatic N) is 2. The molecule has 3 rings (SSSR count). The molecule has 25 heavy (non-hydrogen) atoms. The van der Waals surface area contributed by atoms with Crippen LogP contribution in [0.25, 0.3) is 5.57 Å². The molecule has 0 unspecified atom stereocenters. The smallest absolute Gasteiger partial charge is 0.249 e. The molecule has 3 atom stereocenters. The van der Waals surface area contributed by atoms with Crippen LogP contribution in [0.5, 0.6) is 0 Å². The first kappa shape index (κ1) is 17.7. The van der Waals surface area contributed by atoms with Crippen LogP contribution >= 0.6 is 0 Å². The Balaban J connectivity index is 1.79. The van der Waals surface area contributed by atoms with Crippen LogP contribution in [0, 0.1) is 11.3 Å². The Morgan fingerprint density at radius 1 is 1.36 bits per heavy atom. The molecule has 1 aliphatic heterocycles. The van der Waals surface area contributed by atoms with Crippen molar-refractivity contribution < 1.29 is 14.6 Å². The molecular formula is C20H24N2O3. The fourth-order valence-corrected chi connectivity index (χ4v) is 3.97. The van der Waals surface area contributed by atoms with Crippen molar-refractivity contribution in [1.82, 2.24) is 4.90 Å². The minimum atomic E-state index is -0.556. The number of methoxy groups -OCH3 is 1. The van der Waals surface area contributed by atoms with Crippen molar-refractivity contribution >= 4 is 11.5 Å². The van der Waals surface area contributed by atoms with E-state index in [1.807, 2.05) is 12.1 Å². The molecule has 1 saturated heterocycles. The molecule has 0 bridgehead atoms. The third kappa shape index (κ3) is 3.33. The minimum Gasteiger partial charge on any atom is -0.394 e. The van der Waals surface area contributed by atoms with Crippen molar-refractivity contribution in [1.29, 1.82) is 5.26 Å². The maximum Gasteiger partial charge on any atom is 0.249 e. The second-order valence-electron chi connectivity index (χ2n) is 6.68. The molecule has 0 aromatic heterocycles. The third-order valence-electron chi connectivity index (χ3n) is 5.24. The Morgan fingerprint density at radius 2 is 2.12 bits per heavy atom. The summed E-state index contributed by atoms with van der Waals surface area (Å²) in [7, 11) is 1.45. The number of nitriles is 1. The Bertz CT molecular complexity index is 690. The number of hydrogen-bond donors (Lipinski definition) is 1. The number of carbonyl (C=O) groups excluding carboxylic acids is 1. The van der Waals surface area contributed by atoms with Crippen LogP contribution < -0.4 is 0 Å². The van der Waals surface area contributed by atoms with Crippen molar-refractivity contribution in [3.8, 4) is 6.07 Å². The summed E-state index contributed by atoms with van der Waals surface area (Å²) in [5, 5.41) is 19.2. The molecule has 5 heteroatoms. The van der Waals surface area contributed by atoms with E-state index in [-0.39, 0.29) is 31.1 Å². The van der Waals surface area contributed by atoms with E-state index in [1.165, 1.54) is 36.0 Å². The first-order valence-corrected chi connectivity index (χ1v) is 8.81. The summed E-state index contributed by atoms with van der Waals surface area (Å²) in [6.07, 6.45) is 7.05. The predicted molar refractivity (Wildman–Crippen MR) is 94.6 cm³/mol. The molecule has 1 N–H and O–H groups in total. The number of aliphatic hydroxyl groups is 1. The number of carbonyl (C=O) groups is 1. The number of benzene rings is 1. The summed E-state index contributed by atoms with van der Waals surface area (Å²) >= 11 is 0. The molecule has 5 nitrogen and oxygen atoms in total. The normalized spacial score (nSPS) is 25.7. The average Bonchev–Trinajstić information content (AvgIpc) is 2.63. The van der Waals surface area contributed by atoms with Gasteiger partial charge in [-0.3, -0.25) is 4.79 Å². The quantitative estimate of drug-likeness (QED) is 0.894. The molecule has 1 heterocycles. The molecule has 0 radical (unpaired) electrons. The summed E-state index contributed by atoms with van der Waals surface area (Å²) in [5.41, 5.74) is 3.61. The number of ether oxygens (including phenoxy) is 1. The monoisotopic (exact) mass is 340 g/mol. The van der Waals surface area contributed by atoms with Gasteiger partial charge in [0, 0.05) is 13.0 Å². The van der Waals surface area contributed by atoms with E-state index >= 15 is 0 Å². The Labute approximate surface area is 148 Å². The van der Waals surface area contributed by atoms with Gasteiger partial charge in [0.25, 0.3) is 0 Å². The van der Waals surface area contributed by atoms with Gasteiger partial charge in [0.15, 0.2) is 0 Å². The van der Waals surface area contributed by atoms with Crippen LogP contribution in [-0.4, -0.2) is 48.3 Å². The summed E-state index contributed by atoms with van der Waals surface area (Å²) in [5.74, 6) is -0.418. The molecule has 2 aliphatic rings. The number of rotatable bonds is 5. The van der Waals surface area contributed by atoms with Crippen molar-refractivity contribution in [2.24, 2.45) is 0 Å². The van der Waals surface area contributed by atoms with Crippen LogP contribution in [0.2, 0.25) is 0 Å². The van der Waals surface area contributed by atoms with Gasteiger partial charge in [-0.05, 0) is 42.4 Å². The molecule has 0 spiro atoms. The number of hydrogen-bond acceptors (Lipinski definition) is 4. The van der Waals surface area contributed by atoms with E-state index in [4.69, 9.17) is 4.74 Å². The van der Waals surface area contributed by atoms with E-state index < -0.39 is 6.04 Å². The number of allylic oxidation sites excluding steroid dienone is 2. The first-order chi connectivity index (χ1) is 12.2. The number of amides is 1. The van der Waals surface area contributed by atoms with Crippen LogP contribution in [0.3, 0.4) is 0 Å². The van der Waals surface area contributed by atoms with Crippen molar-refractivity contribution in [2.45, 2.75) is 43.7 Å². The summed E-state index contributed by atoms with van der Waals surface area (Å²) in [6, 6.07) is 9.53. The van der Waals surface area contributed by atoms with Crippen LogP contribution in [-0.2, 0) is 9.53 Å². The lowest BCUT2D eigenvalue weighted by molar-refractivity contribution is -0.150. The van der Waals surface area contributed by atoms with Gasteiger partial charge < -0.3 is 14.7 Å². The van der Waals surface area contributed by atoms with E-state index in [2.05, 4.69) is 24.3 Å². The highest BCUT2D eigenvalue weighted by molar-refractivity contribution is 5.80. The zero-order valence-electron chi connectivity index (χ0n) is 14.5. The fourth-order valence-electron chi connectivity index (χ4n) is 3.97. The predicted octanol–water partition coefficient (Wildman–Crippen LogP) is 2.47. The SMILES string of the molecule is COCC(=O)N1[C@@H](C#N)[C@@H](c2ccc(C3=CCCCC3)cc2)[C@@H]1CO. The van der Waals surface area contributed by atoms with Gasteiger partial charge in [-0.15, -0.1) is 0 Å². The second-order valence-corrected chi connectivity index (χ2v) is 6.68. The lowest BCUT2D eigenvalue weighted by Gasteiger charge is -2.51. The van der Waals surface area contributed by atoms with Crippen LogP contribution in [0.1, 0.15) is 42.7 Å². The number of aliphatic hydroxyl groups excluding tert-OH is 1. The van der Waals surface area contributed by atoms with Gasteiger partial charge in [0.05, 0.1) is 18.7 Å². The molecular weight excluding hydrogens is 316 g/mol. The Kier molecular flexibility index (Phi) is 5.52. The van der Waals surface area contributed by atoms with E-state index in [0.29, 0.717) is 0 Å². The Hall–Kier alpha value is -2.16.